The first-order valence-electron chi connectivity index (χ1n) is 4.71. The third-order valence-corrected chi connectivity index (χ3v) is 2.71. The molecule has 0 aliphatic rings. The second-order valence-corrected chi connectivity index (χ2v) is 4.23. The summed E-state index contributed by atoms with van der Waals surface area (Å²) in [7, 11) is 0. The Bertz CT molecular complexity index is 283. The fraction of sp³-hybridized carbons (Fsp3) is 0.500. The van der Waals surface area contributed by atoms with Crippen LogP contribution in [0.1, 0.15) is 37.8 Å². The van der Waals surface area contributed by atoms with Gasteiger partial charge in [-0.05, 0) is 31.9 Å². The Kier molecular flexibility index (Phi) is 2.77. The third kappa shape index (κ3) is 2.31. The Morgan fingerprint density at radius 3 is 2.23 bits per heavy atom. The fourth-order valence-electron chi connectivity index (χ4n) is 1.45. The van der Waals surface area contributed by atoms with E-state index >= 15 is 0 Å². The number of rotatable bonds is 2. The van der Waals surface area contributed by atoms with Crippen molar-refractivity contribution in [2.75, 3.05) is 0 Å². The molecule has 0 fully saturated rings. The van der Waals surface area contributed by atoms with Gasteiger partial charge >= 0.3 is 0 Å². The van der Waals surface area contributed by atoms with E-state index in [1.165, 1.54) is 11.1 Å². The van der Waals surface area contributed by atoms with Crippen molar-refractivity contribution in [1.82, 2.24) is 0 Å². The number of benzene rings is 1. The molecule has 0 aliphatic heterocycles. The van der Waals surface area contributed by atoms with Crippen molar-refractivity contribution in [1.29, 1.82) is 0 Å². The lowest BCUT2D eigenvalue weighted by Gasteiger charge is -2.27. The average molecular weight is 178 g/mol. The van der Waals surface area contributed by atoms with E-state index in [4.69, 9.17) is 0 Å². The van der Waals surface area contributed by atoms with Gasteiger partial charge in [-0.25, -0.2) is 0 Å². The van der Waals surface area contributed by atoms with Gasteiger partial charge < -0.3 is 5.11 Å². The molecule has 0 aliphatic carbocycles. The van der Waals surface area contributed by atoms with Gasteiger partial charge in [-0.15, -0.1) is 0 Å². The molecule has 1 aromatic carbocycles. The maximum Gasteiger partial charge on any atom is 0.0657 e. The van der Waals surface area contributed by atoms with Crippen LogP contribution in [-0.2, 0) is 0 Å². The minimum absolute atomic E-state index is 0.175. The summed E-state index contributed by atoms with van der Waals surface area (Å²) in [6, 6.07) is 8.20. The topological polar surface area (TPSA) is 20.2 Å². The largest absolute Gasteiger partial charge is 0.390 e. The minimum Gasteiger partial charge on any atom is -0.390 e. The van der Waals surface area contributed by atoms with E-state index in [0.29, 0.717) is 0 Å². The van der Waals surface area contributed by atoms with Gasteiger partial charge in [0, 0.05) is 5.92 Å². The van der Waals surface area contributed by atoms with Crippen molar-refractivity contribution in [3.8, 4) is 0 Å². The van der Waals surface area contributed by atoms with Crippen molar-refractivity contribution in [2.45, 2.75) is 39.2 Å². The zero-order valence-electron chi connectivity index (χ0n) is 8.83. The molecule has 1 nitrogen and oxygen atoms in total. The summed E-state index contributed by atoms with van der Waals surface area (Å²) in [6.45, 7) is 7.84. The molecule has 0 aromatic heterocycles. The van der Waals surface area contributed by atoms with Gasteiger partial charge in [0.2, 0.25) is 0 Å². The molecule has 1 heteroatoms. The molecule has 0 spiro atoms. The van der Waals surface area contributed by atoms with Gasteiger partial charge in [0.15, 0.2) is 0 Å². The Labute approximate surface area is 80.4 Å². The van der Waals surface area contributed by atoms with Crippen LogP contribution in [0.15, 0.2) is 24.3 Å². The van der Waals surface area contributed by atoms with Crippen LogP contribution in [0.5, 0.6) is 0 Å². The first-order chi connectivity index (χ1) is 5.93. The van der Waals surface area contributed by atoms with Gasteiger partial charge in [-0.1, -0.05) is 31.2 Å². The molecular formula is C12H18O. The summed E-state index contributed by atoms with van der Waals surface area (Å²) >= 11 is 0. The minimum atomic E-state index is -0.647. The Morgan fingerprint density at radius 1 is 1.23 bits per heavy atom. The summed E-state index contributed by atoms with van der Waals surface area (Å²) in [6.07, 6.45) is 0. The second kappa shape index (κ2) is 3.51. The van der Waals surface area contributed by atoms with E-state index in [2.05, 4.69) is 26.0 Å². The summed E-state index contributed by atoms with van der Waals surface area (Å²) in [4.78, 5) is 0. The van der Waals surface area contributed by atoms with E-state index in [-0.39, 0.29) is 5.92 Å². The van der Waals surface area contributed by atoms with Crippen LogP contribution in [0.25, 0.3) is 0 Å². The average Bonchev–Trinajstić information content (AvgIpc) is 2.02. The smallest absolute Gasteiger partial charge is 0.0657 e. The van der Waals surface area contributed by atoms with Crippen molar-refractivity contribution < 1.29 is 5.11 Å². The van der Waals surface area contributed by atoms with E-state index < -0.39 is 5.60 Å². The van der Waals surface area contributed by atoms with E-state index in [1.54, 1.807) is 0 Å². The quantitative estimate of drug-likeness (QED) is 0.738. The molecule has 13 heavy (non-hydrogen) atoms. The predicted octanol–water partition coefficient (Wildman–Crippen LogP) is 2.87. The van der Waals surface area contributed by atoms with E-state index in [9.17, 15) is 5.11 Å². The van der Waals surface area contributed by atoms with Crippen LogP contribution in [-0.4, -0.2) is 10.7 Å². The zero-order valence-corrected chi connectivity index (χ0v) is 8.83. The van der Waals surface area contributed by atoms with Crippen LogP contribution in [0.3, 0.4) is 0 Å². The van der Waals surface area contributed by atoms with Gasteiger partial charge in [0.25, 0.3) is 0 Å². The highest BCUT2D eigenvalue weighted by molar-refractivity contribution is 5.30. The van der Waals surface area contributed by atoms with Crippen molar-refractivity contribution >= 4 is 0 Å². The standard InChI is InChI=1S/C12H18O/c1-9-7-5-6-8-11(9)10(2)12(3,4)13/h5-8,10,13H,1-4H3. The van der Waals surface area contributed by atoms with E-state index in [1.807, 2.05) is 26.0 Å². The Hall–Kier alpha value is -0.820. The summed E-state index contributed by atoms with van der Waals surface area (Å²) in [5.74, 6) is 0.175. The highest BCUT2D eigenvalue weighted by Crippen LogP contribution is 2.29. The number of hydrogen-bond acceptors (Lipinski definition) is 1. The van der Waals surface area contributed by atoms with Crippen LogP contribution in [0, 0.1) is 6.92 Å². The van der Waals surface area contributed by atoms with Gasteiger partial charge in [-0.2, -0.15) is 0 Å². The zero-order chi connectivity index (χ0) is 10.1. The SMILES string of the molecule is Cc1ccccc1C(C)C(C)(C)O. The molecule has 1 aromatic rings. The molecule has 0 radical (unpaired) electrons. The highest BCUT2D eigenvalue weighted by Gasteiger charge is 2.24. The number of aliphatic hydroxyl groups is 1. The van der Waals surface area contributed by atoms with Crippen LogP contribution >= 0.6 is 0 Å². The molecular weight excluding hydrogens is 160 g/mol. The molecule has 1 atom stereocenters. The normalized spacial score (nSPS) is 14.2. The predicted molar refractivity (Wildman–Crippen MR) is 55.9 cm³/mol. The molecule has 0 saturated carbocycles. The molecule has 72 valence electrons. The van der Waals surface area contributed by atoms with Gasteiger partial charge in [-0.3, -0.25) is 0 Å². The lowest BCUT2D eigenvalue weighted by molar-refractivity contribution is 0.0557. The molecule has 0 amide bonds. The number of hydrogen-bond donors (Lipinski definition) is 1. The van der Waals surface area contributed by atoms with Crippen LogP contribution in [0.4, 0.5) is 0 Å². The third-order valence-electron chi connectivity index (χ3n) is 2.71. The number of aryl methyl sites for hydroxylation is 1. The summed E-state index contributed by atoms with van der Waals surface area (Å²) < 4.78 is 0. The van der Waals surface area contributed by atoms with Gasteiger partial charge in [0.1, 0.15) is 0 Å². The lowest BCUT2D eigenvalue weighted by Crippen LogP contribution is -2.27. The maximum atomic E-state index is 9.86. The maximum absolute atomic E-state index is 9.86. The van der Waals surface area contributed by atoms with Gasteiger partial charge in [0.05, 0.1) is 5.60 Å². The molecule has 0 bridgehead atoms. The van der Waals surface area contributed by atoms with Crippen LogP contribution < -0.4 is 0 Å². The van der Waals surface area contributed by atoms with Crippen molar-refractivity contribution in [2.24, 2.45) is 0 Å². The second-order valence-electron chi connectivity index (χ2n) is 4.23. The first kappa shape index (κ1) is 10.3. The highest BCUT2D eigenvalue weighted by atomic mass is 16.3. The first-order valence-corrected chi connectivity index (χ1v) is 4.71. The summed E-state index contributed by atoms with van der Waals surface area (Å²) in [5.41, 5.74) is 1.83. The Balaban J connectivity index is 3.02. The Morgan fingerprint density at radius 2 is 1.77 bits per heavy atom. The molecule has 0 heterocycles. The van der Waals surface area contributed by atoms with Crippen LogP contribution in [0.2, 0.25) is 0 Å². The fourth-order valence-corrected chi connectivity index (χ4v) is 1.45. The molecule has 1 unspecified atom stereocenters. The molecule has 0 saturated heterocycles. The van der Waals surface area contributed by atoms with Crippen molar-refractivity contribution in [3.63, 3.8) is 0 Å². The van der Waals surface area contributed by atoms with Crippen molar-refractivity contribution in [3.05, 3.63) is 35.4 Å². The monoisotopic (exact) mass is 178 g/mol. The molecule has 1 N–H and O–H groups in total. The summed E-state index contributed by atoms with van der Waals surface area (Å²) in [5, 5.41) is 9.86. The molecule has 1 rings (SSSR count). The lowest BCUT2D eigenvalue weighted by atomic mass is 9.84. The van der Waals surface area contributed by atoms with E-state index in [0.717, 1.165) is 0 Å².